The van der Waals surface area contributed by atoms with Crippen molar-refractivity contribution in [1.29, 1.82) is 0 Å². The molecule has 0 saturated heterocycles. The van der Waals surface area contributed by atoms with E-state index in [9.17, 15) is 13.2 Å². The summed E-state index contributed by atoms with van der Waals surface area (Å²) in [6.07, 6.45) is 1.68. The van der Waals surface area contributed by atoms with E-state index in [1.54, 1.807) is 12.1 Å². The zero-order valence-electron chi connectivity index (χ0n) is 8.83. The Labute approximate surface area is 98.5 Å². The van der Waals surface area contributed by atoms with Crippen LogP contribution in [-0.2, 0) is 21.1 Å². The minimum absolute atomic E-state index is 0.177. The summed E-state index contributed by atoms with van der Waals surface area (Å²) in [5, 5.41) is 9.82. The van der Waals surface area contributed by atoms with Crippen LogP contribution in [0.25, 0.3) is 6.08 Å². The van der Waals surface area contributed by atoms with Gasteiger partial charge in [0.15, 0.2) is 9.84 Å². The molecule has 0 aromatic heterocycles. The second-order valence-electron chi connectivity index (χ2n) is 3.87. The van der Waals surface area contributed by atoms with Gasteiger partial charge in [0.05, 0.1) is 4.90 Å². The minimum atomic E-state index is -3.30. The molecule has 0 fully saturated rings. The van der Waals surface area contributed by atoms with Crippen molar-refractivity contribution < 1.29 is 18.3 Å². The topological polar surface area (TPSA) is 97.5 Å². The molecule has 1 atom stereocenters. The fourth-order valence-electron chi connectivity index (χ4n) is 1.69. The number of benzene rings is 1. The number of aliphatic carboxylic acids is 1. The number of rotatable bonds is 3. The molecule has 6 heteroatoms. The van der Waals surface area contributed by atoms with Gasteiger partial charge in [0.25, 0.3) is 0 Å². The Bertz CT molecular complexity index is 604. The Morgan fingerprint density at radius 3 is 2.76 bits per heavy atom. The van der Waals surface area contributed by atoms with Gasteiger partial charge >= 0.3 is 5.97 Å². The SMILES string of the molecule is NC(Cc1ccc2c(c1)C=CS2(=O)=O)C(=O)O. The van der Waals surface area contributed by atoms with Gasteiger partial charge in [-0.3, -0.25) is 4.79 Å². The number of sulfone groups is 1. The summed E-state index contributed by atoms with van der Waals surface area (Å²) in [6.45, 7) is 0. The molecular weight excluding hydrogens is 242 g/mol. The maximum atomic E-state index is 11.5. The zero-order valence-corrected chi connectivity index (χ0v) is 9.65. The summed E-state index contributed by atoms with van der Waals surface area (Å²) in [7, 11) is -3.30. The fourth-order valence-corrected chi connectivity index (χ4v) is 2.88. The van der Waals surface area contributed by atoms with Crippen molar-refractivity contribution in [3.05, 3.63) is 34.7 Å². The van der Waals surface area contributed by atoms with Crippen LogP contribution >= 0.6 is 0 Å². The fraction of sp³-hybridized carbons (Fsp3) is 0.182. The van der Waals surface area contributed by atoms with Crippen LogP contribution in [0.15, 0.2) is 28.5 Å². The molecule has 90 valence electrons. The monoisotopic (exact) mass is 253 g/mol. The quantitative estimate of drug-likeness (QED) is 0.812. The Hall–Kier alpha value is -1.66. The van der Waals surface area contributed by atoms with Crippen LogP contribution in [-0.4, -0.2) is 25.5 Å². The van der Waals surface area contributed by atoms with Gasteiger partial charge in [0, 0.05) is 5.41 Å². The van der Waals surface area contributed by atoms with E-state index < -0.39 is 21.8 Å². The first-order valence-electron chi connectivity index (χ1n) is 4.94. The number of hydrogen-bond acceptors (Lipinski definition) is 4. The highest BCUT2D eigenvalue weighted by molar-refractivity contribution is 7.94. The van der Waals surface area contributed by atoms with E-state index in [0.29, 0.717) is 11.1 Å². The van der Waals surface area contributed by atoms with E-state index in [4.69, 9.17) is 10.8 Å². The highest BCUT2D eigenvalue weighted by Crippen LogP contribution is 2.27. The zero-order chi connectivity index (χ0) is 12.6. The molecule has 0 amide bonds. The predicted octanol–water partition coefficient (Wildman–Crippen LogP) is 0.399. The average molecular weight is 253 g/mol. The number of hydrogen-bond donors (Lipinski definition) is 2. The molecule has 3 N–H and O–H groups in total. The number of carbonyl (C=O) groups is 1. The van der Waals surface area contributed by atoms with Gasteiger partial charge in [-0.15, -0.1) is 0 Å². The van der Waals surface area contributed by atoms with Gasteiger partial charge in [0.1, 0.15) is 6.04 Å². The minimum Gasteiger partial charge on any atom is -0.480 e. The normalized spacial score (nSPS) is 17.7. The lowest BCUT2D eigenvalue weighted by atomic mass is 10.0. The molecule has 5 nitrogen and oxygen atoms in total. The molecular formula is C11H11NO4S. The van der Waals surface area contributed by atoms with Crippen molar-refractivity contribution in [3.63, 3.8) is 0 Å². The molecule has 2 rings (SSSR count). The van der Waals surface area contributed by atoms with E-state index >= 15 is 0 Å². The summed E-state index contributed by atoms with van der Waals surface area (Å²) < 4.78 is 23.0. The van der Waals surface area contributed by atoms with Crippen molar-refractivity contribution in [2.75, 3.05) is 0 Å². The summed E-state index contributed by atoms with van der Waals surface area (Å²) in [5.41, 5.74) is 6.70. The largest absolute Gasteiger partial charge is 0.480 e. The third-order valence-electron chi connectivity index (χ3n) is 2.58. The van der Waals surface area contributed by atoms with Gasteiger partial charge < -0.3 is 10.8 Å². The lowest BCUT2D eigenvalue weighted by Gasteiger charge is -2.07. The summed E-state index contributed by atoms with van der Waals surface area (Å²) in [5.74, 6) is -1.08. The van der Waals surface area contributed by atoms with Crippen molar-refractivity contribution in [1.82, 2.24) is 0 Å². The molecule has 1 aromatic rings. The number of nitrogens with two attached hydrogens (primary N) is 1. The van der Waals surface area contributed by atoms with E-state index in [-0.39, 0.29) is 11.3 Å². The Balaban J connectivity index is 2.31. The highest BCUT2D eigenvalue weighted by Gasteiger charge is 2.21. The molecule has 0 spiro atoms. The van der Waals surface area contributed by atoms with Gasteiger partial charge in [-0.2, -0.15) is 0 Å². The first-order valence-corrected chi connectivity index (χ1v) is 6.49. The number of fused-ring (bicyclic) bond motifs is 1. The lowest BCUT2D eigenvalue weighted by molar-refractivity contribution is -0.138. The molecule has 0 bridgehead atoms. The van der Waals surface area contributed by atoms with Crippen LogP contribution in [0.3, 0.4) is 0 Å². The standard InChI is InChI=1S/C11H11NO4S/c12-9(11(13)14)6-7-1-2-10-8(5-7)3-4-17(10,15)16/h1-5,9H,6,12H2,(H,13,14). The van der Waals surface area contributed by atoms with Gasteiger partial charge in [-0.05, 0) is 29.7 Å². The van der Waals surface area contributed by atoms with E-state index in [1.165, 1.54) is 12.1 Å². The Morgan fingerprint density at radius 1 is 1.41 bits per heavy atom. The predicted molar refractivity (Wildman–Crippen MR) is 62.0 cm³/mol. The van der Waals surface area contributed by atoms with Crippen molar-refractivity contribution >= 4 is 21.9 Å². The van der Waals surface area contributed by atoms with Gasteiger partial charge in [-0.1, -0.05) is 12.1 Å². The van der Waals surface area contributed by atoms with Crippen LogP contribution in [0.2, 0.25) is 0 Å². The molecule has 0 aliphatic carbocycles. The second-order valence-corrected chi connectivity index (χ2v) is 5.67. The summed E-state index contributed by atoms with van der Waals surface area (Å²) >= 11 is 0. The Morgan fingerprint density at radius 2 is 2.12 bits per heavy atom. The van der Waals surface area contributed by atoms with E-state index in [0.717, 1.165) is 5.41 Å². The molecule has 17 heavy (non-hydrogen) atoms. The molecule has 1 aliphatic heterocycles. The van der Waals surface area contributed by atoms with E-state index in [1.807, 2.05) is 0 Å². The Kier molecular flexibility index (Phi) is 2.76. The average Bonchev–Trinajstić information content (AvgIpc) is 2.54. The van der Waals surface area contributed by atoms with Crippen molar-refractivity contribution in [3.8, 4) is 0 Å². The molecule has 1 heterocycles. The highest BCUT2D eigenvalue weighted by atomic mass is 32.2. The number of carboxylic acid groups (broad SMARTS) is 1. The van der Waals surface area contributed by atoms with Crippen LogP contribution in [0, 0.1) is 0 Å². The summed E-state index contributed by atoms with van der Waals surface area (Å²) in [4.78, 5) is 10.9. The van der Waals surface area contributed by atoms with Crippen LogP contribution < -0.4 is 5.73 Å². The first-order chi connectivity index (χ1) is 7.90. The lowest BCUT2D eigenvalue weighted by Crippen LogP contribution is -2.32. The van der Waals surface area contributed by atoms with E-state index in [2.05, 4.69) is 0 Å². The smallest absolute Gasteiger partial charge is 0.320 e. The summed E-state index contributed by atoms with van der Waals surface area (Å²) in [6, 6.07) is 3.75. The molecule has 0 saturated carbocycles. The van der Waals surface area contributed by atoms with Gasteiger partial charge in [0.2, 0.25) is 0 Å². The number of carboxylic acids is 1. The van der Waals surface area contributed by atoms with Crippen LogP contribution in [0.4, 0.5) is 0 Å². The van der Waals surface area contributed by atoms with Crippen molar-refractivity contribution in [2.45, 2.75) is 17.4 Å². The first kappa shape index (κ1) is 11.8. The molecule has 0 radical (unpaired) electrons. The van der Waals surface area contributed by atoms with Crippen molar-refractivity contribution in [2.24, 2.45) is 5.73 Å². The third kappa shape index (κ3) is 2.22. The molecule has 1 unspecified atom stereocenters. The van der Waals surface area contributed by atoms with Crippen LogP contribution in [0.5, 0.6) is 0 Å². The second kappa shape index (κ2) is 3.97. The molecule has 1 aromatic carbocycles. The third-order valence-corrected chi connectivity index (χ3v) is 4.06. The molecule has 1 aliphatic rings. The maximum absolute atomic E-state index is 11.5. The maximum Gasteiger partial charge on any atom is 0.320 e. The van der Waals surface area contributed by atoms with Crippen LogP contribution in [0.1, 0.15) is 11.1 Å². The van der Waals surface area contributed by atoms with Gasteiger partial charge in [-0.25, -0.2) is 8.42 Å².